The number of aliphatic hydroxyl groups is 1. The van der Waals surface area contributed by atoms with Crippen LogP contribution in [0.15, 0.2) is 18.2 Å². The zero-order valence-corrected chi connectivity index (χ0v) is 14.2. The molecule has 0 spiro atoms. The summed E-state index contributed by atoms with van der Waals surface area (Å²) in [5, 5.41) is 20.4. The van der Waals surface area contributed by atoms with Gasteiger partial charge in [0.05, 0.1) is 0 Å². The number of phenols is 1. The zero-order valence-electron chi connectivity index (χ0n) is 14.2. The molecule has 0 saturated heterocycles. The van der Waals surface area contributed by atoms with Crippen LogP contribution in [0.2, 0.25) is 0 Å². The van der Waals surface area contributed by atoms with Gasteiger partial charge in [0.2, 0.25) is 0 Å². The van der Waals surface area contributed by atoms with Crippen molar-refractivity contribution >= 4 is 6.08 Å². The van der Waals surface area contributed by atoms with Gasteiger partial charge in [-0.3, -0.25) is 0 Å². The number of aliphatic hydroxyl groups excluding tert-OH is 1. The maximum atomic E-state index is 10.5. The lowest BCUT2D eigenvalue weighted by atomic mass is 9.52. The highest BCUT2D eigenvalue weighted by molar-refractivity contribution is 5.64. The maximum Gasteiger partial charge on any atom is 0.119 e. The minimum atomic E-state index is -0.0620. The summed E-state index contributed by atoms with van der Waals surface area (Å²) in [5.41, 5.74) is 3.45. The Kier molecular flexibility index (Phi) is 3.64. The van der Waals surface area contributed by atoms with Gasteiger partial charge in [-0.05, 0) is 58.9 Å². The van der Waals surface area contributed by atoms with E-state index in [9.17, 15) is 10.2 Å². The van der Waals surface area contributed by atoms with Crippen molar-refractivity contribution in [2.75, 3.05) is 6.61 Å². The van der Waals surface area contributed by atoms with Crippen LogP contribution in [0.25, 0.3) is 6.08 Å². The molecule has 0 heterocycles. The van der Waals surface area contributed by atoms with Gasteiger partial charge in [0, 0.05) is 12.0 Å². The summed E-state index contributed by atoms with van der Waals surface area (Å²) in [6, 6.07) is 4.14. The Balaban J connectivity index is 2.15. The molecule has 0 aliphatic heterocycles. The number of allylic oxidation sites excluding steroid dienone is 1. The molecule has 0 bridgehead atoms. The monoisotopic (exact) mass is 300 g/mol. The number of phenolic OH excluding ortho intramolecular Hbond substituents is 1. The lowest BCUT2D eigenvalue weighted by Gasteiger charge is -2.53. The molecule has 0 amide bonds. The third-order valence-corrected chi connectivity index (χ3v) is 6.15. The topological polar surface area (TPSA) is 40.5 Å². The summed E-state index contributed by atoms with van der Waals surface area (Å²) in [6.45, 7) is 8.96. The molecule has 2 aliphatic carbocycles. The molecule has 3 rings (SSSR count). The van der Waals surface area contributed by atoms with E-state index in [4.69, 9.17) is 0 Å². The molecule has 2 N–H and O–H groups in total. The predicted octanol–water partition coefficient (Wildman–Crippen LogP) is 4.60. The average Bonchev–Trinajstić information content (AvgIpc) is 2.47. The Morgan fingerprint density at radius 3 is 2.59 bits per heavy atom. The van der Waals surface area contributed by atoms with E-state index in [1.807, 2.05) is 6.07 Å². The van der Waals surface area contributed by atoms with Crippen molar-refractivity contribution in [3.63, 3.8) is 0 Å². The van der Waals surface area contributed by atoms with Crippen LogP contribution in [-0.2, 0) is 5.41 Å². The van der Waals surface area contributed by atoms with Crippen molar-refractivity contribution in [2.24, 2.45) is 11.3 Å². The highest BCUT2D eigenvalue weighted by Crippen LogP contribution is 2.56. The van der Waals surface area contributed by atoms with E-state index in [0.717, 1.165) is 24.8 Å². The van der Waals surface area contributed by atoms with Gasteiger partial charge in [0.1, 0.15) is 5.75 Å². The van der Waals surface area contributed by atoms with E-state index in [1.165, 1.54) is 11.1 Å². The molecule has 22 heavy (non-hydrogen) atoms. The third kappa shape index (κ3) is 2.11. The smallest absolute Gasteiger partial charge is 0.119 e. The van der Waals surface area contributed by atoms with Crippen LogP contribution in [0.3, 0.4) is 0 Å². The van der Waals surface area contributed by atoms with Crippen LogP contribution < -0.4 is 0 Å². The Labute approximate surface area is 133 Å². The van der Waals surface area contributed by atoms with E-state index in [1.54, 1.807) is 0 Å². The van der Waals surface area contributed by atoms with Gasteiger partial charge in [0.15, 0.2) is 0 Å². The van der Waals surface area contributed by atoms with Crippen molar-refractivity contribution in [1.29, 1.82) is 0 Å². The van der Waals surface area contributed by atoms with Gasteiger partial charge < -0.3 is 10.2 Å². The van der Waals surface area contributed by atoms with Crippen LogP contribution in [0, 0.1) is 11.3 Å². The molecule has 0 aromatic heterocycles. The second kappa shape index (κ2) is 5.13. The summed E-state index contributed by atoms with van der Waals surface area (Å²) in [4.78, 5) is 0. The molecule has 0 radical (unpaired) electrons. The van der Waals surface area contributed by atoms with Crippen LogP contribution in [0.5, 0.6) is 5.75 Å². The second-order valence-corrected chi connectivity index (χ2v) is 8.07. The number of aromatic hydroxyl groups is 1. The first-order valence-electron chi connectivity index (χ1n) is 8.48. The molecule has 1 fully saturated rings. The molecule has 1 unspecified atom stereocenters. The highest BCUT2D eigenvalue weighted by atomic mass is 16.3. The summed E-state index contributed by atoms with van der Waals surface area (Å²) in [6.07, 6.45) is 7.82. The number of benzene rings is 1. The number of rotatable bonds is 2. The minimum Gasteiger partial charge on any atom is -0.508 e. The molecular formula is C20H28O2. The zero-order chi connectivity index (χ0) is 16.1. The highest BCUT2D eigenvalue weighted by Gasteiger charge is 2.50. The van der Waals surface area contributed by atoms with Gasteiger partial charge in [-0.15, -0.1) is 0 Å². The van der Waals surface area contributed by atoms with E-state index in [0.29, 0.717) is 17.6 Å². The summed E-state index contributed by atoms with van der Waals surface area (Å²) in [7, 11) is 0. The van der Waals surface area contributed by atoms with E-state index >= 15 is 0 Å². The standard InChI is InChI=1S/C20H28O2/c1-13(2)15-10-14-6-7-18-19(3,12-21)8-5-9-20(18,4)16(14)11-17(15)22/h6-7,10-11,13,18,21-22H,5,8-9,12H2,1-4H3/t18?,19-,20-/m1/s1. The molecule has 3 atom stereocenters. The molecule has 1 aromatic carbocycles. The maximum absolute atomic E-state index is 10.5. The van der Waals surface area contributed by atoms with Gasteiger partial charge in [-0.1, -0.05) is 46.3 Å². The molecule has 2 aliphatic rings. The first kappa shape index (κ1) is 15.6. The largest absolute Gasteiger partial charge is 0.508 e. The number of hydrogen-bond acceptors (Lipinski definition) is 2. The fourth-order valence-electron chi connectivity index (χ4n) is 4.78. The molecule has 120 valence electrons. The van der Waals surface area contributed by atoms with Crippen LogP contribution in [0.4, 0.5) is 0 Å². The second-order valence-electron chi connectivity index (χ2n) is 8.07. The fraction of sp³-hybridized carbons (Fsp3) is 0.600. The van der Waals surface area contributed by atoms with E-state index in [2.05, 4.69) is 45.9 Å². The van der Waals surface area contributed by atoms with Gasteiger partial charge in [-0.2, -0.15) is 0 Å². The molecule has 2 nitrogen and oxygen atoms in total. The SMILES string of the molecule is CC(C)c1cc2c(cc1O)[C@@]1(C)CCC[C@](C)(CO)C1C=C2. The van der Waals surface area contributed by atoms with Crippen molar-refractivity contribution in [2.45, 2.75) is 58.3 Å². The number of fused-ring (bicyclic) bond motifs is 3. The Hall–Kier alpha value is -1.28. The molecule has 1 saturated carbocycles. The van der Waals surface area contributed by atoms with Gasteiger partial charge >= 0.3 is 0 Å². The van der Waals surface area contributed by atoms with Crippen LogP contribution in [-0.4, -0.2) is 16.8 Å². The predicted molar refractivity (Wildman–Crippen MR) is 91.1 cm³/mol. The normalized spacial score (nSPS) is 33.6. The lowest BCUT2D eigenvalue weighted by molar-refractivity contribution is 0.0170. The quantitative estimate of drug-likeness (QED) is 0.838. The molecule has 2 heteroatoms. The van der Waals surface area contributed by atoms with Crippen molar-refractivity contribution in [3.05, 3.63) is 34.9 Å². The van der Waals surface area contributed by atoms with E-state index in [-0.39, 0.29) is 17.4 Å². The summed E-state index contributed by atoms with van der Waals surface area (Å²) >= 11 is 0. The lowest BCUT2D eigenvalue weighted by Crippen LogP contribution is -2.48. The van der Waals surface area contributed by atoms with Crippen molar-refractivity contribution in [1.82, 2.24) is 0 Å². The third-order valence-electron chi connectivity index (χ3n) is 6.15. The molecule has 1 aromatic rings. The van der Waals surface area contributed by atoms with Crippen molar-refractivity contribution in [3.8, 4) is 5.75 Å². The number of hydrogen-bond donors (Lipinski definition) is 2. The van der Waals surface area contributed by atoms with E-state index < -0.39 is 0 Å². The summed E-state index contributed by atoms with van der Waals surface area (Å²) < 4.78 is 0. The van der Waals surface area contributed by atoms with Crippen molar-refractivity contribution < 1.29 is 10.2 Å². The average molecular weight is 300 g/mol. The first-order chi connectivity index (χ1) is 10.3. The Bertz CT molecular complexity index is 616. The first-order valence-corrected chi connectivity index (χ1v) is 8.48. The molecular weight excluding hydrogens is 272 g/mol. The summed E-state index contributed by atoms with van der Waals surface area (Å²) in [5.74, 6) is 1.06. The Morgan fingerprint density at radius 1 is 1.23 bits per heavy atom. The fourth-order valence-corrected chi connectivity index (χ4v) is 4.78. The van der Waals surface area contributed by atoms with Crippen LogP contribution in [0.1, 0.15) is 69.6 Å². The van der Waals surface area contributed by atoms with Gasteiger partial charge in [-0.25, -0.2) is 0 Å². The van der Waals surface area contributed by atoms with Crippen LogP contribution >= 0.6 is 0 Å². The van der Waals surface area contributed by atoms with Gasteiger partial charge in [0.25, 0.3) is 0 Å². The Morgan fingerprint density at radius 2 is 1.95 bits per heavy atom. The minimum absolute atomic E-state index is 0.00675.